The molecular weight excluding hydrogens is 855 g/mol. The molecule has 0 bridgehead atoms. The van der Waals surface area contributed by atoms with Crippen LogP contribution in [-0.2, 0) is 38.1 Å². The van der Waals surface area contributed by atoms with Gasteiger partial charge in [0.2, 0.25) is 29.5 Å². The fourth-order valence-corrected chi connectivity index (χ4v) is 7.79. The lowest BCUT2D eigenvalue weighted by Crippen LogP contribution is -2.53. The number of aliphatic hydroxyl groups excluding tert-OH is 1. The van der Waals surface area contributed by atoms with Crippen LogP contribution in [0.15, 0.2) is 73.1 Å². The molecule has 17 heteroatoms. The van der Waals surface area contributed by atoms with Crippen LogP contribution in [0.5, 0.6) is 0 Å². The van der Waals surface area contributed by atoms with Gasteiger partial charge in [0.25, 0.3) is 11.8 Å². The number of carbonyl (C=O) groups is 7. The number of carbonyl (C=O) groups excluding carboxylic acids is 7. The molecule has 4 aromatic rings. The molecular formula is C50H67N9O8. The number of hydrogen-bond donors (Lipinski definition) is 7. The van der Waals surface area contributed by atoms with Crippen LogP contribution in [-0.4, -0.2) is 85.3 Å². The minimum Gasteiger partial charge on any atom is -0.374 e. The Balaban J connectivity index is 1.05. The van der Waals surface area contributed by atoms with Gasteiger partial charge >= 0.3 is 0 Å². The molecule has 7 amide bonds. The zero-order valence-corrected chi connectivity index (χ0v) is 39.9. The lowest BCUT2D eigenvalue weighted by atomic mass is 10.0. The van der Waals surface area contributed by atoms with E-state index in [1.54, 1.807) is 106 Å². The van der Waals surface area contributed by atoms with Crippen molar-refractivity contribution in [3.63, 3.8) is 0 Å². The molecule has 7 N–H and O–H groups in total. The molecule has 1 saturated heterocycles. The highest BCUT2D eigenvalue weighted by atomic mass is 16.3. The van der Waals surface area contributed by atoms with E-state index in [9.17, 15) is 38.7 Å². The number of aromatic nitrogens is 2. The summed E-state index contributed by atoms with van der Waals surface area (Å²) in [5.74, 6) is -2.20. The number of aryl methyl sites for hydroxylation is 2. The Labute approximate surface area is 392 Å². The molecule has 0 saturated carbocycles. The predicted molar refractivity (Wildman–Crippen MR) is 259 cm³/mol. The van der Waals surface area contributed by atoms with Gasteiger partial charge in [0.1, 0.15) is 29.7 Å². The summed E-state index contributed by atoms with van der Waals surface area (Å²) in [6.45, 7) is 11.5. The van der Waals surface area contributed by atoms with E-state index in [1.807, 2.05) is 18.3 Å². The molecule has 5 rings (SSSR count). The second kappa shape index (κ2) is 23.6. The maximum atomic E-state index is 13.4. The highest BCUT2D eigenvalue weighted by molar-refractivity contribution is 6.06. The lowest BCUT2D eigenvalue weighted by molar-refractivity contribution is -0.139. The largest absolute Gasteiger partial charge is 0.374 e. The van der Waals surface area contributed by atoms with Gasteiger partial charge in [-0.2, -0.15) is 0 Å². The zero-order chi connectivity index (χ0) is 48.9. The smallest absolute Gasteiger partial charge is 0.272 e. The molecule has 2 aromatic heterocycles. The van der Waals surface area contributed by atoms with Crippen LogP contribution in [0.25, 0.3) is 11.1 Å². The number of benzene rings is 2. The summed E-state index contributed by atoms with van der Waals surface area (Å²) >= 11 is 0. The number of nitrogens with one attached hydrogen (secondary N) is 6. The van der Waals surface area contributed by atoms with Gasteiger partial charge in [-0.1, -0.05) is 59.6 Å². The summed E-state index contributed by atoms with van der Waals surface area (Å²) in [6.07, 6.45) is 7.63. The van der Waals surface area contributed by atoms with Crippen molar-refractivity contribution in [2.45, 2.75) is 111 Å². The first kappa shape index (κ1) is 51.2. The number of nitrogens with zero attached hydrogens (tertiary/aromatic N) is 3. The van der Waals surface area contributed by atoms with E-state index in [1.165, 1.54) is 4.90 Å². The van der Waals surface area contributed by atoms with Gasteiger partial charge < -0.3 is 46.1 Å². The highest BCUT2D eigenvalue weighted by Crippen LogP contribution is 2.26. The Kier molecular flexibility index (Phi) is 18.1. The van der Waals surface area contributed by atoms with Gasteiger partial charge in [-0.15, -0.1) is 0 Å². The van der Waals surface area contributed by atoms with Crippen LogP contribution < -0.4 is 31.9 Å². The molecule has 4 atom stereocenters. The molecule has 0 spiro atoms. The highest BCUT2D eigenvalue weighted by Gasteiger charge is 2.35. The van der Waals surface area contributed by atoms with Gasteiger partial charge in [0.05, 0.1) is 5.69 Å². The molecule has 67 heavy (non-hydrogen) atoms. The van der Waals surface area contributed by atoms with Crippen molar-refractivity contribution >= 4 is 64.1 Å². The number of amides is 7. The Morgan fingerprint density at radius 3 is 1.84 bits per heavy atom. The van der Waals surface area contributed by atoms with E-state index in [0.29, 0.717) is 72.3 Å². The monoisotopic (exact) mass is 922 g/mol. The van der Waals surface area contributed by atoms with Gasteiger partial charge in [0.15, 0.2) is 0 Å². The normalized spacial score (nSPS) is 15.0. The van der Waals surface area contributed by atoms with Crippen LogP contribution in [0.2, 0.25) is 0 Å². The summed E-state index contributed by atoms with van der Waals surface area (Å²) in [4.78, 5) is 90.9. The second-order valence-corrected chi connectivity index (χ2v) is 18.3. The number of rotatable bonds is 23. The van der Waals surface area contributed by atoms with Crippen molar-refractivity contribution in [1.29, 1.82) is 0 Å². The van der Waals surface area contributed by atoms with Crippen LogP contribution in [0, 0.1) is 17.8 Å². The third-order valence-corrected chi connectivity index (χ3v) is 11.7. The summed E-state index contributed by atoms with van der Waals surface area (Å²) < 4.78 is 3.42. The number of imide groups is 1. The van der Waals surface area contributed by atoms with Gasteiger partial charge in [0, 0.05) is 74.4 Å². The molecule has 1 aliphatic heterocycles. The first-order chi connectivity index (χ1) is 31.8. The molecule has 0 aliphatic carbocycles. The van der Waals surface area contributed by atoms with Gasteiger partial charge in [-0.3, -0.25) is 38.5 Å². The van der Waals surface area contributed by atoms with Crippen molar-refractivity contribution in [2.24, 2.45) is 31.8 Å². The third-order valence-electron chi connectivity index (χ3n) is 11.7. The summed E-state index contributed by atoms with van der Waals surface area (Å²) in [5, 5.41) is 27.5. The van der Waals surface area contributed by atoms with Crippen molar-refractivity contribution in [3.8, 4) is 11.1 Å². The minimum atomic E-state index is -0.929. The Hall–Kier alpha value is -6.75. The van der Waals surface area contributed by atoms with Crippen molar-refractivity contribution in [3.05, 3.63) is 84.4 Å². The molecule has 17 nitrogen and oxygen atoms in total. The van der Waals surface area contributed by atoms with Crippen molar-refractivity contribution in [1.82, 2.24) is 24.7 Å². The summed E-state index contributed by atoms with van der Waals surface area (Å²) in [6, 6.07) is 15.5. The zero-order valence-electron chi connectivity index (χ0n) is 39.9. The number of unbranched alkanes of at least 4 members (excludes halogenated alkanes) is 2. The first-order valence-corrected chi connectivity index (χ1v) is 23.1. The molecule has 0 radical (unpaired) electrons. The maximum absolute atomic E-state index is 13.4. The van der Waals surface area contributed by atoms with E-state index >= 15 is 0 Å². The van der Waals surface area contributed by atoms with E-state index in [0.717, 1.165) is 24.0 Å². The lowest BCUT2D eigenvalue weighted by Gasteiger charge is -2.24. The molecule has 1 fully saturated rings. The predicted octanol–water partition coefficient (Wildman–Crippen LogP) is 6.63. The fraction of sp³-hybridized carbons (Fsp3) is 0.460. The molecule has 3 heterocycles. The third kappa shape index (κ3) is 14.6. The Morgan fingerprint density at radius 2 is 1.25 bits per heavy atom. The van der Waals surface area contributed by atoms with Crippen LogP contribution in [0.1, 0.15) is 114 Å². The Morgan fingerprint density at radius 1 is 0.672 bits per heavy atom. The molecule has 2 unspecified atom stereocenters. The van der Waals surface area contributed by atoms with Gasteiger partial charge in [-0.05, 0) is 98.5 Å². The van der Waals surface area contributed by atoms with Crippen LogP contribution in [0.4, 0.5) is 22.7 Å². The van der Waals surface area contributed by atoms with Crippen LogP contribution >= 0.6 is 0 Å². The maximum Gasteiger partial charge on any atom is 0.272 e. The molecule has 1 aliphatic rings. The average Bonchev–Trinajstić information content (AvgIpc) is 3.92. The SMILES string of the molecule is CC(C)CCCC(O)Nc1cc(C(=O)Nc2ccc(-c3cc(C(=O)Nc4ccc(NC(=O)[C@H](C)NC(=O)[C@@H](NC(=O)CCCCCN5C(=O)CC(C)C5=O)C(C)C)cc4)n(C)c3)cc2)n(C)c1. The van der Waals surface area contributed by atoms with Crippen LogP contribution in [0.3, 0.4) is 0 Å². The fourth-order valence-electron chi connectivity index (χ4n) is 7.79. The number of likely N-dealkylation sites (tertiary alicyclic amines) is 1. The number of aliphatic hydroxyl groups is 1. The summed E-state index contributed by atoms with van der Waals surface area (Å²) in [7, 11) is 3.54. The molecule has 360 valence electrons. The summed E-state index contributed by atoms with van der Waals surface area (Å²) in [5.41, 5.74) is 4.66. The van der Waals surface area contributed by atoms with E-state index in [-0.39, 0.29) is 54.2 Å². The van der Waals surface area contributed by atoms with E-state index in [2.05, 4.69) is 45.7 Å². The van der Waals surface area contributed by atoms with Crippen molar-refractivity contribution < 1.29 is 38.7 Å². The average molecular weight is 922 g/mol. The topological polar surface area (TPSA) is 225 Å². The number of anilines is 4. The van der Waals surface area contributed by atoms with Crippen molar-refractivity contribution in [2.75, 3.05) is 27.8 Å². The first-order valence-electron chi connectivity index (χ1n) is 23.1. The minimum absolute atomic E-state index is 0.153. The second-order valence-electron chi connectivity index (χ2n) is 18.3. The quantitative estimate of drug-likeness (QED) is 0.0241. The van der Waals surface area contributed by atoms with E-state index < -0.39 is 30.1 Å². The standard InChI is InChI=1S/C50H67N9O8/c1-30(2)13-12-15-42(60)52-39-27-41(58(8)29-39)48(65)54-36-18-16-34(17-19-36)35-26-40(57(7)28-35)47(64)55-38-22-20-37(21-23-38)53-46(63)33(6)51-49(66)45(31(3)4)56-43(61)14-10-9-11-24-59-44(62)25-32(5)50(59)67/h16-23,26-33,42,45,52,60H,9-15,24-25H2,1-8H3,(H,51,66)(H,53,63)(H,54,65)(H,55,64)(H,56,61)/t32?,33-,42?,45-/m0/s1. The van der Waals surface area contributed by atoms with E-state index in [4.69, 9.17) is 0 Å². The van der Waals surface area contributed by atoms with Gasteiger partial charge in [-0.25, -0.2) is 0 Å². The molecule has 2 aromatic carbocycles. The number of hydrogen-bond acceptors (Lipinski definition) is 9. The Bertz CT molecular complexity index is 2390.